The monoisotopic (exact) mass is 1040 g/mol. The Morgan fingerprint density at radius 3 is 1.71 bits per heavy atom. The van der Waals surface area contributed by atoms with Gasteiger partial charge in [-0.1, -0.05) is 103 Å². The number of aromatic nitrogens is 1. The van der Waals surface area contributed by atoms with Crippen LogP contribution in [0.5, 0.6) is 0 Å². The average molecular weight is 1040 g/mol. The van der Waals surface area contributed by atoms with Crippen molar-refractivity contribution >= 4 is 60.3 Å². The van der Waals surface area contributed by atoms with Gasteiger partial charge in [0.15, 0.2) is 5.76 Å². The topological polar surface area (TPSA) is 42.1 Å². The smallest absolute Gasteiger partial charge is 0.181 e. The first-order chi connectivity index (χ1) is 39.4. The molecule has 0 radical (unpaired) electrons. The van der Waals surface area contributed by atoms with Gasteiger partial charge in [-0.2, -0.15) is 0 Å². The maximum absolute atomic E-state index is 7.06. The molecule has 1 saturated carbocycles. The molecular weight excluding hydrogens is 971 g/mol. The summed E-state index contributed by atoms with van der Waals surface area (Å²) < 4.78 is 14.1. The molecular formula is C77H65NO2. The van der Waals surface area contributed by atoms with Crippen LogP contribution in [0.3, 0.4) is 0 Å². The predicted molar refractivity (Wildman–Crippen MR) is 332 cm³/mol. The van der Waals surface area contributed by atoms with E-state index in [-0.39, 0.29) is 5.41 Å². The van der Waals surface area contributed by atoms with Crippen LogP contribution in [0.25, 0.3) is 105 Å². The minimum Gasteiger partial charge on any atom is -0.455 e. The van der Waals surface area contributed by atoms with E-state index in [2.05, 4.69) is 169 Å². The Kier molecular flexibility index (Phi) is 10.7. The summed E-state index contributed by atoms with van der Waals surface area (Å²) in [5, 5.41) is 5.92. The first-order valence-corrected chi connectivity index (χ1v) is 30.4. The summed E-state index contributed by atoms with van der Waals surface area (Å²) in [7, 11) is 0. The minimum atomic E-state index is -0.310. The maximum Gasteiger partial charge on any atom is 0.181 e. The van der Waals surface area contributed by atoms with Gasteiger partial charge in [0.05, 0.1) is 5.41 Å². The van der Waals surface area contributed by atoms with Crippen LogP contribution in [0.15, 0.2) is 160 Å². The molecule has 3 aromatic heterocycles. The van der Waals surface area contributed by atoms with Gasteiger partial charge < -0.3 is 13.8 Å². The van der Waals surface area contributed by atoms with Gasteiger partial charge in [-0.15, -0.1) is 0 Å². The number of rotatable bonds is 6. The molecule has 1 N–H and O–H groups in total. The summed E-state index contributed by atoms with van der Waals surface area (Å²) in [6.07, 6.45) is 26.6. The lowest BCUT2D eigenvalue weighted by Crippen LogP contribution is -2.26. The van der Waals surface area contributed by atoms with Gasteiger partial charge in [-0.25, -0.2) is 0 Å². The molecule has 0 bridgehead atoms. The van der Waals surface area contributed by atoms with Crippen molar-refractivity contribution in [3.8, 4) is 56.3 Å². The van der Waals surface area contributed by atoms with Crippen molar-refractivity contribution in [3.63, 3.8) is 0 Å². The fourth-order valence-corrected chi connectivity index (χ4v) is 15.6. The number of allylic oxidation sites excluding steroid dienone is 4. The van der Waals surface area contributed by atoms with Gasteiger partial charge in [-0.05, 0) is 272 Å². The highest BCUT2D eigenvalue weighted by Crippen LogP contribution is 2.48. The fourth-order valence-electron chi connectivity index (χ4n) is 15.6. The number of fused-ring (bicyclic) bond motifs is 13. The molecule has 0 amide bonds. The number of furan rings is 2. The van der Waals surface area contributed by atoms with Crippen LogP contribution in [0.4, 0.5) is 0 Å². The van der Waals surface area contributed by atoms with Crippen molar-refractivity contribution in [2.24, 2.45) is 5.92 Å². The van der Waals surface area contributed by atoms with Crippen LogP contribution in [-0.4, -0.2) is 4.98 Å². The Labute approximate surface area is 468 Å². The van der Waals surface area contributed by atoms with Crippen molar-refractivity contribution < 1.29 is 8.83 Å². The molecule has 6 aliphatic carbocycles. The van der Waals surface area contributed by atoms with Crippen LogP contribution in [0.1, 0.15) is 133 Å². The molecule has 3 heterocycles. The number of hydrogen-bond acceptors (Lipinski definition) is 2. The summed E-state index contributed by atoms with van der Waals surface area (Å²) in [6.45, 7) is 2.35. The average Bonchev–Trinajstić information content (AvgIpc) is 4.25. The van der Waals surface area contributed by atoms with Gasteiger partial charge in [0.1, 0.15) is 16.7 Å². The number of benzene rings is 8. The van der Waals surface area contributed by atoms with Crippen LogP contribution in [0, 0.1) is 17.8 Å². The number of aromatic amines is 1. The van der Waals surface area contributed by atoms with E-state index in [9.17, 15) is 0 Å². The lowest BCUT2D eigenvalue weighted by atomic mass is 9.73. The molecule has 0 spiro atoms. The zero-order valence-corrected chi connectivity index (χ0v) is 46.0. The Balaban J connectivity index is 0.814. The first-order valence-electron chi connectivity index (χ1n) is 30.4. The van der Waals surface area contributed by atoms with Crippen molar-refractivity contribution in [1.29, 1.82) is 0 Å². The highest BCUT2D eigenvalue weighted by Gasteiger charge is 2.34. The third-order valence-electron chi connectivity index (χ3n) is 20.1. The molecule has 0 saturated heterocycles. The van der Waals surface area contributed by atoms with E-state index < -0.39 is 0 Å². The lowest BCUT2D eigenvalue weighted by Gasteiger charge is -2.29. The third-order valence-corrected chi connectivity index (χ3v) is 20.1. The largest absolute Gasteiger partial charge is 0.455 e. The number of hydrogen-bond donors (Lipinski definition) is 1. The number of aryl methyl sites for hydroxylation is 6. The van der Waals surface area contributed by atoms with E-state index in [0.717, 1.165) is 85.8 Å². The first kappa shape index (κ1) is 46.8. The molecule has 11 aromatic rings. The second-order valence-corrected chi connectivity index (χ2v) is 25.1. The van der Waals surface area contributed by atoms with Crippen molar-refractivity contribution in [3.05, 3.63) is 207 Å². The number of nitrogens with one attached hydrogen (secondary N) is 1. The van der Waals surface area contributed by atoms with Crippen LogP contribution < -0.4 is 0 Å². The van der Waals surface area contributed by atoms with Gasteiger partial charge >= 0.3 is 0 Å². The molecule has 6 aliphatic rings. The summed E-state index contributed by atoms with van der Waals surface area (Å²) >= 11 is 0. The molecule has 0 aliphatic heterocycles. The standard InChI is InChI=1S/C77H65NO2/c1-77(62-28-24-49-13-5-9-17-53(49)37-62)33-32-74-70(45-77)69-44-61(56-23-20-48-12-4-8-16-52(48)36-56)42-64(76(69)80-74)59-26-30-72-66(40-59)65-39-58(25-29-71(65)78-72)63-41-60(55-22-19-47-11-3-7-15-51(47)35-55)43-68-67-38-57(27-31-73(67)79-75(63)68)54-21-18-46-10-2-6-14-50(46)34-54/h18-31,34-35,37-44,52,78H,2-17,36,45H2,1H3. The van der Waals surface area contributed by atoms with Crippen molar-refractivity contribution in [2.75, 3.05) is 0 Å². The molecule has 1 fully saturated rings. The third kappa shape index (κ3) is 7.69. The number of H-pyrrole nitrogens is 1. The molecule has 8 aromatic carbocycles. The highest BCUT2D eigenvalue weighted by atomic mass is 16.3. The molecule has 3 nitrogen and oxygen atoms in total. The zero-order chi connectivity index (χ0) is 52.6. The van der Waals surface area contributed by atoms with E-state index in [1.807, 2.05) is 0 Å². The van der Waals surface area contributed by atoms with Gasteiger partial charge in [-0.3, -0.25) is 0 Å². The van der Waals surface area contributed by atoms with Crippen LogP contribution in [-0.2, 0) is 50.4 Å². The summed E-state index contributed by atoms with van der Waals surface area (Å²) in [6, 6.07) is 52.1. The Morgan fingerprint density at radius 1 is 0.450 bits per heavy atom. The summed E-state index contributed by atoms with van der Waals surface area (Å²) in [4.78, 5) is 3.83. The van der Waals surface area contributed by atoms with Gasteiger partial charge in [0.25, 0.3) is 0 Å². The van der Waals surface area contributed by atoms with E-state index in [0.29, 0.717) is 5.92 Å². The van der Waals surface area contributed by atoms with Gasteiger partial charge in [0.2, 0.25) is 0 Å². The van der Waals surface area contributed by atoms with E-state index >= 15 is 0 Å². The fraction of sp³-hybridized carbons (Fsp3) is 0.273. The molecule has 2 atom stereocenters. The second kappa shape index (κ2) is 18.2. The summed E-state index contributed by atoms with van der Waals surface area (Å²) in [5.41, 5.74) is 30.3. The zero-order valence-electron chi connectivity index (χ0n) is 46.0. The molecule has 3 heteroatoms. The highest BCUT2D eigenvalue weighted by molar-refractivity contribution is 6.15. The predicted octanol–water partition coefficient (Wildman–Crippen LogP) is 20.0. The normalized spacial score (nSPS) is 19.5. The Morgan fingerprint density at radius 2 is 1.00 bits per heavy atom. The van der Waals surface area contributed by atoms with Crippen LogP contribution in [0.2, 0.25) is 0 Å². The van der Waals surface area contributed by atoms with E-state index in [4.69, 9.17) is 8.83 Å². The van der Waals surface area contributed by atoms with Crippen molar-refractivity contribution in [1.82, 2.24) is 4.98 Å². The quantitative estimate of drug-likeness (QED) is 0.169. The molecule has 2 unspecified atom stereocenters. The summed E-state index contributed by atoms with van der Waals surface area (Å²) in [5.74, 6) is 8.83. The van der Waals surface area contributed by atoms with Crippen molar-refractivity contribution in [2.45, 2.75) is 128 Å². The Hall–Kier alpha value is -8.06. The second-order valence-electron chi connectivity index (χ2n) is 25.1. The molecule has 17 rings (SSSR count). The Bertz CT molecular complexity index is 4580. The van der Waals surface area contributed by atoms with Gasteiger partial charge in [0, 0.05) is 54.7 Å². The maximum atomic E-state index is 7.06. The van der Waals surface area contributed by atoms with Crippen LogP contribution >= 0.6 is 0 Å². The van der Waals surface area contributed by atoms with E-state index in [1.165, 1.54) is 190 Å². The SMILES string of the molecule is CC1(c2ccc3c(c2)CCCC3)C#Cc2oc3c(-c4ccc5[nH]c6ccc(-c7cc(-c8ccc9c(c8)CCCC9)cc8c7oc7ccc(-c9ccc%10c(c9)CCCC%10)cc78)cc6c5c4)cc(C4=CC=C5CCCCC5C4)cc3c2C1. The minimum absolute atomic E-state index is 0.310. The molecule has 390 valence electrons. The molecule has 80 heavy (non-hydrogen) atoms. The van der Waals surface area contributed by atoms with E-state index in [1.54, 1.807) is 5.57 Å². The lowest BCUT2D eigenvalue weighted by molar-refractivity contribution is 0.457.